The van der Waals surface area contributed by atoms with Crippen molar-refractivity contribution in [1.29, 1.82) is 0 Å². The van der Waals surface area contributed by atoms with E-state index in [2.05, 4.69) is 26.1 Å². The second kappa shape index (κ2) is 3.99. The Kier molecular flexibility index (Phi) is 2.45. The lowest BCUT2D eigenvalue weighted by molar-refractivity contribution is 0.0652. The second-order valence-electron chi connectivity index (χ2n) is 3.77. The van der Waals surface area contributed by atoms with Crippen LogP contribution in [0.3, 0.4) is 0 Å². The fourth-order valence-corrected chi connectivity index (χ4v) is 2.17. The summed E-state index contributed by atoms with van der Waals surface area (Å²) in [5, 5.41) is 13.5. The Hall–Kier alpha value is -2.08. The smallest absolute Gasteiger partial charge is 0.374 e. The minimum Gasteiger partial charge on any atom is -0.475 e. The highest BCUT2D eigenvalue weighted by Gasteiger charge is 2.15. The molecular weight excluding hydrogens is 300 g/mol. The molecule has 5 nitrogen and oxygen atoms in total. The zero-order valence-corrected chi connectivity index (χ0v) is 10.6. The summed E-state index contributed by atoms with van der Waals surface area (Å²) in [5.74, 6) is -1.30. The molecule has 0 amide bonds. The Morgan fingerprint density at radius 2 is 2.22 bits per heavy atom. The van der Waals surface area contributed by atoms with Crippen LogP contribution in [-0.2, 0) is 0 Å². The van der Waals surface area contributed by atoms with Crippen LogP contribution in [0.25, 0.3) is 22.2 Å². The minimum atomic E-state index is -1.13. The first-order valence-corrected chi connectivity index (χ1v) is 5.91. The summed E-state index contributed by atoms with van der Waals surface area (Å²) in [5.41, 5.74) is 2.26. The lowest BCUT2D eigenvalue weighted by Gasteiger charge is -1.93. The number of aromatic carboxylic acids is 1. The molecule has 0 saturated carbocycles. The molecule has 0 aliphatic heterocycles. The zero-order chi connectivity index (χ0) is 12.7. The largest absolute Gasteiger partial charge is 0.475 e. The first-order chi connectivity index (χ1) is 8.65. The van der Waals surface area contributed by atoms with Crippen LogP contribution in [0.4, 0.5) is 0 Å². The standard InChI is InChI=1S/C12H7BrN2O3/c13-6-1-2-7-8(5-14-9(7)3-6)10-4-11(12(16)17)18-15-10/h1-5,14H,(H,16,17). The van der Waals surface area contributed by atoms with Gasteiger partial charge < -0.3 is 14.6 Å². The molecule has 0 bridgehead atoms. The molecule has 0 fully saturated rings. The molecule has 6 heteroatoms. The Labute approximate surface area is 110 Å². The third-order valence-corrected chi connectivity index (χ3v) is 3.13. The van der Waals surface area contributed by atoms with Crippen LogP contribution >= 0.6 is 15.9 Å². The fourth-order valence-electron chi connectivity index (χ4n) is 1.81. The predicted octanol–water partition coefficient (Wildman–Crippen LogP) is 3.28. The number of carboxylic acid groups (broad SMARTS) is 1. The van der Waals surface area contributed by atoms with Gasteiger partial charge in [0.05, 0.1) is 0 Å². The van der Waals surface area contributed by atoms with E-state index in [1.165, 1.54) is 6.07 Å². The first kappa shape index (κ1) is 11.0. The van der Waals surface area contributed by atoms with E-state index < -0.39 is 5.97 Å². The van der Waals surface area contributed by atoms with Gasteiger partial charge in [-0.1, -0.05) is 27.2 Å². The van der Waals surface area contributed by atoms with Gasteiger partial charge in [-0.05, 0) is 12.1 Å². The maximum absolute atomic E-state index is 10.7. The average Bonchev–Trinajstić information content (AvgIpc) is 2.92. The number of carbonyl (C=O) groups is 1. The van der Waals surface area contributed by atoms with Crippen molar-refractivity contribution < 1.29 is 14.4 Å². The number of nitrogens with zero attached hydrogens (tertiary/aromatic N) is 1. The van der Waals surface area contributed by atoms with Crippen molar-refractivity contribution in [3.63, 3.8) is 0 Å². The highest BCUT2D eigenvalue weighted by Crippen LogP contribution is 2.29. The van der Waals surface area contributed by atoms with Gasteiger partial charge in [-0.25, -0.2) is 4.79 Å². The summed E-state index contributed by atoms with van der Waals surface area (Å²) < 4.78 is 5.72. The van der Waals surface area contributed by atoms with Crippen molar-refractivity contribution in [1.82, 2.24) is 10.1 Å². The zero-order valence-electron chi connectivity index (χ0n) is 8.98. The monoisotopic (exact) mass is 306 g/mol. The fraction of sp³-hybridized carbons (Fsp3) is 0. The molecule has 0 unspecified atom stereocenters. The van der Waals surface area contributed by atoms with E-state index in [0.29, 0.717) is 5.69 Å². The van der Waals surface area contributed by atoms with Crippen LogP contribution in [0.5, 0.6) is 0 Å². The normalized spacial score (nSPS) is 10.9. The highest BCUT2D eigenvalue weighted by molar-refractivity contribution is 9.10. The van der Waals surface area contributed by atoms with Gasteiger partial charge in [0.25, 0.3) is 0 Å². The van der Waals surface area contributed by atoms with Crippen LogP contribution in [0, 0.1) is 0 Å². The van der Waals surface area contributed by atoms with E-state index >= 15 is 0 Å². The second-order valence-corrected chi connectivity index (χ2v) is 4.69. The number of benzene rings is 1. The molecule has 0 atom stereocenters. The molecule has 2 aromatic heterocycles. The summed E-state index contributed by atoms with van der Waals surface area (Å²) in [6.45, 7) is 0. The Bertz CT molecular complexity index is 745. The minimum absolute atomic E-state index is 0.170. The third kappa shape index (κ3) is 1.70. The molecule has 1 aromatic carbocycles. The molecule has 0 aliphatic rings. The first-order valence-electron chi connectivity index (χ1n) is 5.12. The summed E-state index contributed by atoms with van der Waals surface area (Å²) >= 11 is 3.39. The summed E-state index contributed by atoms with van der Waals surface area (Å²) in [6, 6.07) is 7.20. The molecule has 0 saturated heterocycles. The van der Waals surface area contributed by atoms with Crippen molar-refractivity contribution in [2.75, 3.05) is 0 Å². The molecular formula is C12H7BrN2O3. The van der Waals surface area contributed by atoms with Gasteiger partial charge in [-0.3, -0.25) is 0 Å². The molecule has 3 aromatic rings. The van der Waals surface area contributed by atoms with Gasteiger partial charge in [0, 0.05) is 33.2 Å². The molecule has 2 heterocycles. The number of hydrogen-bond donors (Lipinski definition) is 2. The molecule has 0 spiro atoms. The number of carboxylic acids is 1. The van der Waals surface area contributed by atoms with Crippen molar-refractivity contribution >= 4 is 32.8 Å². The van der Waals surface area contributed by atoms with Crippen LogP contribution in [0.15, 0.2) is 39.5 Å². The summed E-state index contributed by atoms with van der Waals surface area (Å²) in [4.78, 5) is 13.9. The van der Waals surface area contributed by atoms with E-state index in [-0.39, 0.29) is 5.76 Å². The average molecular weight is 307 g/mol. The van der Waals surface area contributed by atoms with E-state index in [1.807, 2.05) is 18.2 Å². The lowest BCUT2D eigenvalue weighted by atomic mass is 10.1. The third-order valence-electron chi connectivity index (χ3n) is 2.64. The van der Waals surface area contributed by atoms with Crippen LogP contribution < -0.4 is 0 Å². The summed E-state index contributed by atoms with van der Waals surface area (Å²) in [6.07, 6.45) is 1.78. The quantitative estimate of drug-likeness (QED) is 0.761. The number of aromatic nitrogens is 2. The van der Waals surface area contributed by atoms with Crippen molar-refractivity contribution in [2.24, 2.45) is 0 Å². The van der Waals surface area contributed by atoms with Gasteiger partial charge in [0.15, 0.2) is 0 Å². The van der Waals surface area contributed by atoms with E-state index in [0.717, 1.165) is 20.9 Å². The van der Waals surface area contributed by atoms with Gasteiger partial charge in [0.2, 0.25) is 5.76 Å². The molecule has 0 aliphatic carbocycles. The Morgan fingerprint density at radius 1 is 1.39 bits per heavy atom. The Morgan fingerprint density at radius 3 is 2.94 bits per heavy atom. The maximum Gasteiger partial charge on any atom is 0.374 e. The molecule has 3 rings (SSSR count). The van der Waals surface area contributed by atoms with Crippen LogP contribution in [-0.4, -0.2) is 21.2 Å². The van der Waals surface area contributed by atoms with Crippen molar-refractivity contribution in [2.45, 2.75) is 0 Å². The highest BCUT2D eigenvalue weighted by atomic mass is 79.9. The molecule has 90 valence electrons. The maximum atomic E-state index is 10.7. The van der Waals surface area contributed by atoms with Crippen LogP contribution in [0.1, 0.15) is 10.6 Å². The van der Waals surface area contributed by atoms with Crippen molar-refractivity contribution in [3.8, 4) is 11.3 Å². The SMILES string of the molecule is O=C(O)c1cc(-c2c[nH]c3cc(Br)ccc23)no1. The predicted molar refractivity (Wildman–Crippen MR) is 68.5 cm³/mol. The van der Waals surface area contributed by atoms with Crippen LogP contribution in [0.2, 0.25) is 0 Å². The molecule has 18 heavy (non-hydrogen) atoms. The number of H-pyrrole nitrogens is 1. The number of aromatic amines is 1. The molecule has 2 N–H and O–H groups in total. The van der Waals surface area contributed by atoms with Gasteiger partial charge >= 0.3 is 5.97 Å². The topological polar surface area (TPSA) is 79.1 Å². The number of rotatable bonds is 2. The lowest BCUT2D eigenvalue weighted by Crippen LogP contribution is -1.91. The number of nitrogens with one attached hydrogen (secondary N) is 1. The van der Waals surface area contributed by atoms with Crippen molar-refractivity contribution in [3.05, 3.63) is 40.7 Å². The number of fused-ring (bicyclic) bond motifs is 1. The number of hydrogen-bond acceptors (Lipinski definition) is 3. The van der Waals surface area contributed by atoms with Gasteiger partial charge in [-0.2, -0.15) is 0 Å². The van der Waals surface area contributed by atoms with E-state index in [9.17, 15) is 4.79 Å². The Balaban J connectivity index is 2.16. The van der Waals surface area contributed by atoms with Gasteiger partial charge in [0.1, 0.15) is 5.69 Å². The summed E-state index contributed by atoms with van der Waals surface area (Å²) in [7, 11) is 0. The number of halogens is 1. The van der Waals surface area contributed by atoms with E-state index in [1.54, 1.807) is 6.20 Å². The van der Waals surface area contributed by atoms with Gasteiger partial charge in [-0.15, -0.1) is 0 Å². The van der Waals surface area contributed by atoms with E-state index in [4.69, 9.17) is 9.63 Å². The molecule has 0 radical (unpaired) electrons.